The molecule has 0 spiro atoms. The molecule has 9 heteroatoms. The summed E-state index contributed by atoms with van der Waals surface area (Å²) in [5.41, 5.74) is 15.0. The molecule has 4 aromatic rings. The number of rotatable bonds is 15. The summed E-state index contributed by atoms with van der Waals surface area (Å²) < 4.78 is 0. The van der Waals surface area contributed by atoms with Crippen molar-refractivity contribution in [2.75, 3.05) is 16.0 Å². The van der Waals surface area contributed by atoms with Gasteiger partial charge in [-0.25, -0.2) is 0 Å². The normalized spacial score (nSPS) is 12.2. The van der Waals surface area contributed by atoms with Crippen molar-refractivity contribution in [3.63, 3.8) is 0 Å². The van der Waals surface area contributed by atoms with Gasteiger partial charge in [0.15, 0.2) is 0 Å². The van der Waals surface area contributed by atoms with E-state index < -0.39 is 0 Å². The second-order valence-corrected chi connectivity index (χ2v) is 11.8. The Morgan fingerprint density at radius 3 is 0.958 bits per heavy atom. The highest BCUT2D eigenvalue weighted by Crippen LogP contribution is 2.33. The Balaban J connectivity index is 1.80. The first-order chi connectivity index (χ1) is 23.3. The molecule has 0 aliphatic carbocycles. The number of oxime groups is 3. The van der Waals surface area contributed by atoms with E-state index in [0.717, 1.165) is 53.0 Å². The van der Waals surface area contributed by atoms with Crippen LogP contribution in [-0.4, -0.2) is 32.8 Å². The molecule has 0 atom stereocenters. The molecule has 0 saturated carbocycles. The van der Waals surface area contributed by atoms with E-state index in [1.807, 2.05) is 72.8 Å². The fourth-order valence-electron chi connectivity index (χ4n) is 6.32. The molecule has 6 N–H and O–H groups in total. The Morgan fingerprint density at radius 2 is 0.729 bits per heavy atom. The van der Waals surface area contributed by atoms with Gasteiger partial charge in [-0.3, -0.25) is 0 Å². The highest BCUT2D eigenvalue weighted by molar-refractivity contribution is 6.00. The van der Waals surface area contributed by atoms with E-state index in [1.54, 1.807) is 20.8 Å². The third-order valence-electron chi connectivity index (χ3n) is 8.95. The third-order valence-corrected chi connectivity index (χ3v) is 8.95. The molecule has 0 heterocycles. The van der Waals surface area contributed by atoms with Crippen molar-refractivity contribution < 1.29 is 15.6 Å². The van der Waals surface area contributed by atoms with E-state index in [4.69, 9.17) is 0 Å². The highest BCUT2D eigenvalue weighted by atomic mass is 16.4. The van der Waals surface area contributed by atoms with E-state index in [2.05, 4.69) is 52.2 Å². The van der Waals surface area contributed by atoms with Gasteiger partial charge >= 0.3 is 0 Å². The highest BCUT2D eigenvalue weighted by Gasteiger charge is 2.21. The predicted octanol–water partition coefficient (Wildman–Crippen LogP) is 8.80. The molecule has 0 aliphatic heterocycles. The molecule has 252 valence electrons. The summed E-state index contributed by atoms with van der Waals surface area (Å²) in [7, 11) is 0. The summed E-state index contributed by atoms with van der Waals surface area (Å²) in [4.78, 5) is 0. The zero-order valence-corrected chi connectivity index (χ0v) is 28.9. The van der Waals surface area contributed by atoms with Crippen LogP contribution in [0.5, 0.6) is 0 Å². The minimum atomic E-state index is 0.560. The Hall–Kier alpha value is -5.31. The van der Waals surface area contributed by atoms with Crippen molar-refractivity contribution in [1.82, 2.24) is 0 Å². The number of benzene rings is 4. The fraction of sp³-hybridized carbons (Fsp3) is 0.308. The number of nitrogens with zero attached hydrogens (tertiary/aromatic N) is 3. The van der Waals surface area contributed by atoms with Gasteiger partial charge in [-0.2, -0.15) is 0 Å². The number of nitrogens with one attached hydrogen (secondary N) is 3. The Kier molecular flexibility index (Phi) is 12.6. The van der Waals surface area contributed by atoms with Gasteiger partial charge in [0, 0.05) is 53.4 Å². The van der Waals surface area contributed by atoms with E-state index >= 15 is 0 Å². The fourth-order valence-corrected chi connectivity index (χ4v) is 6.32. The van der Waals surface area contributed by atoms with Crippen molar-refractivity contribution in [3.8, 4) is 0 Å². The standard InChI is InChI=1S/C39H48N6O3/c1-7-34-37(22-40-31-16-10-13-28(19-31)25(4)43-46)35(8-2)39(24-42-33-18-12-15-30(21-33)27(6)45-48)36(9-3)38(34)23-41-32-17-11-14-29(20-32)26(5)44-47/h10-21,40-42,46-48H,7-9,22-24H2,1-6H3/b43-25+,44-26+,45-27+. The Morgan fingerprint density at radius 1 is 0.458 bits per heavy atom. The zero-order chi connectivity index (χ0) is 34.6. The smallest absolute Gasteiger partial charge is 0.0837 e. The molecular weight excluding hydrogens is 600 g/mol. The van der Waals surface area contributed by atoms with Crippen LogP contribution in [-0.2, 0) is 38.9 Å². The van der Waals surface area contributed by atoms with Gasteiger partial charge < -0.3 is 31.6 Å². The second-order valence-electron chi connectivity index (χ2n) is 11.8. The minimum Gasteiger partial charge on any atom is -0.411 e. The summed E-state index contributed by atoms with van der Waals surface area (Å²) in [6.07, 6.45) is 2.61. The molecule has 0 radical (unpaired) electrons. The van der Waals surface area contributed by atoms with Crippen LogP contribution in [0.4, 0.5) is 17.1 Å². The van der Waals surface area contributed by atoms with Gasteiger partial charge in [0.2, 0.25) is 0 Å². The van der Waals surface area contributed by atoms with Gasteiger partial charge in [-0.15, -0.1) is 0 Å². The molecular formula is C39H48N6O3. The molecule has 4 aromatic carbocycles. The van der Waals surface area contributed by atoms with Crippen LogP contribution >= 0.6 is 0 Å². The summed E-state index contributed by atoms with van der Waals surface area (Å²) >= 11 is 0. The van der Waals surface area contributed by atoms with Crippen LogP contribution in [0.3, 0.4) is 0 Å². The number of anilines is 3. The third kappa shape index (κ3) is 8.34. The second kappa shape index (κ2) is 17.0. The molecule has 0 fully saturated rings. The minimum absolute atomic E-state index is 0.560. The van der Waals surface area contributed by atoms with Crippen molar-refractivity contribution in [2.24, 2.45) is 15.5 Å². The lowest BCUT2D eigenvalue weighted by Crippen LogP contribution is -2.19. The lowest BCUT2D eigenvalue weighted by Gasteiger charge is -2.27. The maximum atomic E-state index is 9.33. The zero-order valence-electron chi connectivity index (χ0n) is 28.9. The Bertz CT molecular complexity index is 1580. The summed E-state index contributed by atoms with van der Waals surface area (Å²) in [5, 5.41) is 49.2. The van der Waals surface area contributed by atoms with Gasteiger partial charge in [-0.1, -0.05) is 72.6 Å². The topological polar surface area (TPSA) is 134 Å². The monoisotopic (exact) mass is 648 g/mol. The molecule has 48 heavy (non-hydrogen) atoms. The van der Waals surface area contributed by atoms with E-state index in [0.29, 0.717) is 36.8 Å². The maximum absolute atomic E-state index is 9.33. The maximum Gasteiger partial charge on any atom is 0.0837 e. The molecule has 0 bridgehead atoms. The average molecular weight is 649 g/mol. The van der Waals surface area contributed by atoms with Crippen LogP contribution in [0.2, 0.25) is 0 Å². The van der Waals surface area contributed by atoms with Gasteiger partial charge in [0.1, 0.15) is 0 Å². The summed E-state index contributed by atoms with van der Waals surface area (Å²) in [6.45, 7) is 13.9. The Labute approximate surface area is 284 Å². The van der Waals surface area contributed by atoms with Gasteiger partial charge in [0.05, 0.1) is 17.1 Å². The van der Waals surface area contributed by atoms with Crippen molar-refractivity contribution in [2.45, 2.75) is 80.4 Å². The molecule has 9 nitrogen and oxygen atoms in total. The van der Waals surface area contributed by atoms with Gasteiger partial charge in [-0.05, 0) is 110 Å². The van der Waals surface area contributed by atoms with Crippen molar-refractivity contribution in [3.05, 3.63) is 123 Å². The molecule has 0 aliphatic rings. The van der Waals surface area contributed by atoms with Crippen LogP contribution in [0, 0.1) is 0 Å². The molecule has 0 aromatic heterocycles. The van der Waals surface area contributed by atoms with Crippen LogP contribution in [0.25, 0.3) is 0 Å². The number of hydrogen-bond donors (Lipinski definition) is 6. The first-order valence-corrected chi connectivity index (χ1v) is 16.5. The van der Waals surface area contributed by atoms with E-state index in [-0.39, 0.29) is 0 Å². The first-order valence-electron chi connectivity index (χ1n) is 16.5. The molecule has 0 amide bonds. The average Bonchev–Trinajstić information content (AvgIpc) is 3.13. The number of hydrogen-bond acceptors (Lipinski definition) is 9. The van der Waals surface area contributed by atoms with Crippen LogP contribution in [0.1, 0.15) is 91.6 Å². The lowest BCUT2D eigenvalue weighted by atomic mass is 9.83. The largest absolute Gasteiger partial charge is 0.411 e. The first kappa shape index (κ1) is 35.5. The van der Waals surface area contributed by atoms with Crippen molar-refractivity contribution >= 4 is 34.2 Å². The molecule has 4 rings (SSSR count). The molecule has 0 saturated heterocycles. The SMILES string of the molecule is CCc1c(CNc2cccc(/C(C)=N/O)c2)c(CC)c(CNc2cccc(/C(C)=N/O)c2)c(CC)c1CNc1cccc(/C(C)=N/O)c1. The van der Waals surface area contributed by atoms with Gasteiger partial charge in [0.25, 0.3) is 0 Å². The van der Waals surface area contributed by atoms with Crippen LogP contribution in [0.15, 0.2) is 88.3 Å². The quantitative estimate of drug-likeness (QED) is 0.0434. The lowest BCUT2D eigenvalue weighted by molar-refractivity contribution is 0.319. The molecule has 0 unspecified atom stereocenters. The van der Waals surface area contributed by atoms with E-state index in [1.165, 1.54) is 33.4 Å². The van der Waals surface area contributed by atoms with E-state index in [9.17, 15) is 15.6 Å². The predicted molar refractivity (Wildman–Crippen MR) is 198 cm³/mol. The van der Waals surface area contributed by atoms with Crippen LogP contribution < -0.4 is 16.0 Å². The summed E-state index contributed by atoms with van der Waals surface area (Å²) in [5.74, 6) is 0. The summed E-state index contributed by atoms with van der Waals surface area (Å²) in [6, 6.07) is 23.8. The van der Waals surface area contributed by atoms with Crippen molar-refractivity contribution in [1.29, 1.82) is 0 Å².